The number of halogens is 2. The van der Waals surface area contributed by atoms with Crippen LogP contribution in [-0.2, 0) is 4.74 Å². The number of nitrogens with one attached hydrogen (secondary N) is 2. The van der Waals surface area contributed by atoms with E-state index in [2.05, 4.69) is 30.6 Å². The predicted molar refractivity (Wildman–Crippen MR) is 97.8 cm³/mol. The third-order valence-corrected chi connectivity index (χ3v) is 5.18. The Morgan fingerprint density at radius 1 is 1.29 bits per heavy atom. The molecular weight excluding hydrogens is 370 g/mol. The molecule has 28 heavy (non-hydrogen) atoms. The van der Waals surface area contributed by atoms with E-state index >= 15 is 0 Å². The summed E-state index contributed by atoms with van der Waals surface area (Å²) in [6, 6.07) is -0.405. The lowest BCUT2D eigenvalue weighted by molar-refractivity contribution is 0.0284. The lowest BCUT2D eigenvalue weighted by Crippen LogP contribution is -2.39. The zero-order valence-electron chi connectivity index (χ0n) is 15.1. The number of anilines is 2. The summed E-state index contributed by atoms with van der Waals surface area (Å²) in [6.07, 6.45) is 3.93. The van der Waals surface area contributed by atoms with Crippen molar-refractivity contribution in [3.8, 4) is 11.3 Å². The lowest BCUT2D eigenvalue weighted by Gasteiger charge is -2.26. The molecular formula is C17H20F2N8O. The molecule has 0 aromatic carbocycles. The Kier molecular flexibility index (Phi) is 4.30. The Morgan fingerprint density at radius 3 is 2.96 bits per heavy atom. The van der Waals surface area contributed by atoms with Gasteiger partial charge in [-0.2, -0.15) is 14.6 Å². The SMILES string of the molecule is F[C@@H]1CCN(c2c(-c3cn[nH]c3)ncn3nc(N[C@H]4CCOC[C@H]4F)nc23)C1. The first-order chi connectivity index (χ1) is 13.7. The van der Waals surface area contributed by atoms with E-state index in [-0.39, 0.29) is 13.2 Å². The highest BCUT2D eigenvalue weighted by Crippen LogP contribution is 2.34. The Hall–Kier alpha value is -2.82. The second-order valence-corrected chi connectivity index (χ2v) is 7.09. The van der Waals surface area contributed by atoms with Crippen molar-refractivity contribution >= 4 is 17.3 Å². The van der Waals surface area contributed by atoms with Gasteiger partial charge in [0, 0.05) is 31.5 Å². The molecule has 5 heterocycles. The molecule has 11 heteroatoms. The van der Waals surface area contributed by atoms with E-state index in [4.69, 9.17) is 4.74 Å². The molecule has 0 saturated carbocycles. The van der Waals surface area contributed by atoms with Crippen LogP contribution in [0.4, 0.5) is 20.4 Å². The molecule has 0 amide bonds. The molecule has 2 aliphatic rings. The van der Waals surface area contributed by atoms with E-state index in [1.165, 1.54) is 0 Å². The van der Waals surface area contributed by atoms with Crippen molar-refractivity contribution in [1.29, 1.82) is 0 Å². The number of aromatic nitrogens is 6. The van der Waals surface area contributed by atoms with E-state index in [0.717, 1.165) is 5.56 Å². The third kappa shape index (κ3) is 3.05. The quantitative estimate of drug-likeness (QED) is 0.699. The zero-order chi connectivity index (χ0) is 19.1. The smallest absolute Gasteiger partial charge is 0.243 e. The van der Waals surface area contributed by atoms with Gasteiger partial charge in [-0.1, -0.05) is 0 Å². The minimum Gasteiger partial charge on any atom is -0.378 e. The van der Waals surface area contributed by atoms with Gasteiger partial charge in [0.1, 0.15) is 30.1 Å². The molecule has 9 nitrogen and oxygen atoms in total. The predicted octanol–water partition coefficient (Wildman–Crippen LogP) is 1.60. The Morgan fingerprint density at radius 2 is 2.21 bits per heavy atom. The fraction of sp³-hybridized carbons (Fsp3) is 0.529. The molecule has 3 aromatic rings. The number of hydrogen-bond acceptors (Lipinski definition) is 7. The summed E-state index contributed by atoms with van der Waals surface area (Å²) in [5.41, 5.74) is 2.69. The molecule has 5 rings (SSSR count). The van der Waals surface area contributed by atoms with Crippen LogP contribution in [0.5, 0.6) is 0 Å². The van der Waals surface area contributed by atoms with Crippen molar-refractivity contribution in [2.24, 2.45) is 0 Å². The van der Waals surface area contributed by atoms with Gasteiger partial charge < -0.3 is 15.0 Å². The van der Waals surface area contributed by atoms with Gasteiger partial charge in [0.25, 0.3) is 0 Å². The van der Waals surface area contributed by atoms with Crippen molar-refractivity contribution in [3.05, 3.63) is 18.7 Å². The molecule has 2 N–H and O–H groups in total. The summed E-state index contributed by atoms with van der Waals surface area (Å²) in [5, 5.41) is 14.2. The van der Waals surface area contributed by atoms with E-state index in [1.807, 2.05) is 4.90 Å². The van der Waals surface area contributed by atoms with Crippen LogP contribution in [0.1, 0.15) is 12.8 Å². The molecule has 2 saturated heterocycles. The van der Waals surface area contributed by atoms with Gasteiger partial charge in [-0.25, -0.2) is 13.8 Å². The molecule has 2 fully saturated rings. The van der Waals surface area contributed by atoms with E-state index in [0.29, 0.717) is 49.0 Å². The fourth-order valence-electron chi connectivity index (χ4n) is 3.74. The maximum absolute atomic E-state index is 14.1. The highest BCUT2D eigenvalue weighted by atomic mass is 19.1. The van der Waals surface area contributed by atoms with Crippen molar-refractivity contribution < 1.29 is 13.5 Å². The van der Waals surface area contributed by atoms with Gasteiger partial charge in [0.15, 0.2) is 5.65 Å². The number of nitrogens with zero attached hydrogens (tertiary/aromatic N) is 6. The van der Waals surface area contributed by atoms with Gasteiger partial charge in [0.2, 0.25) is 5.95 Å². The van der Waals surface area contributed by atoms with Crippen LogP contribution < -0.4 is 10.2 Å². The second kappa shape index (κ2) is 6.97. The summed E-state index contributed by atoms with van der Waals surface area (Å²) >= 11 is 0. The average molecular weight is 390 g/mol. The van der Waals surface area contributed by atoms with Crippen molar-refractivity contribution in [1.82, 2.24) is 29.8 Å². The average Bonchev–Trinajstić information content (AvgIpc) is 3.43. The minimum absolute atomic E-state index is 0.0636. The van der Waals surface area contributed by atoms with Crippen LogP contribution in [0, 0.1) is 0 Å². The number of H-pyrrole nitrogens is 1. The van der Waals surface area contributed by atoms with Crippen LogP contribution in [0.3, 0.4) is 0 Å². The molecule has 0 bridgehead atoms. The standard InChI is InChI=1S/C17H20F2N8O/c18-11-1-3-26(7-11)15-14(10-5-21-22-6-10)20-9-27-16(15)24-17(25-27)23-13-2-4-28-8-12(13)19/h5-6,9,11-13H,1-4,7-8H2,(H,21,22)(H,23,25)/t11-,12-,13+/m1/s1. The number of hydrogen-bond donors (Lipinski definition) is 2. The largest absolute Gasteiger partial charge is 0.378 e. The third-order valence-electron chi connectivity index (χ3n) is 5.18. The van der Waals surface area contributed by atoms with Gasteiger partial charge in [-0.15, -0.1) is 5.10 Å². The molecule has 148 valence electrons. The lowest BCUT2D eigenvalue weighted by atomic mass is 10.1. The zero-order valence-corrected chi connectivity index (χ0v) is 15.1. The Labute approximate surface area is 159 Å². The number of fused-ring (bicyclic) bond motifs is 1. The molecule has 3 atom stereocenters. The highest BCUT2D eigenvalue weighted by molar-refractivity contribution is 5.85. The highest BCUT2D eigenvalue weighted by Gasteiger charge is 2.30. The van der Waals surface area contributed by atoms with Gasteiger partial charge in [-0.3, -0.25) is 5.10 Å². The number of alkyl halides is 2. The van der Waals surface area contributed by atoms with Crippen molar-refractivity contribution in [2.75, 3.05) is 36.5 Å². The molecule has 0 aliphatic carbocycles. The van der Waals surface area contributed by atoms with Gasteiger partial charge in [-0.05, 0) is 12.8 Å². The van der Waals surface area contributed by atoms with Crippen LogP contribution in [-0.4, -0.2) is 74.5 Å². The van der Waals surface area contributed by atoms with Crippen molar-refractivity contribution in [3.63, 3.8) is 0 Å². The second-order valence-electron chi connectivity index (χ2n) is 7.09. The normalized spacial score (nSPS) is 25.5. The topological polar surface area (TPSA) is 96.3 Å². The van der Waals surface area contributed by atoms with Crippen LogP contribution >= 0.6 is 0 Å². The molecule has 2 aliphatic heterocycles. The van der Waals surface area contributed by atoms with Gasteiger partial charge in [0.05, 0.1) is 18.8 Å². The summed E-state index contributed by atoms with van der Waals surface area (Å²) in [5.74, 6) is 0.318. The number of rotatable bonds is 4. The monoisotopic (exact) mass is 390 g/mol. The molecule has 0 unspecified atom stereocenters. The van der Waals surface area contributed by atoms with Crippen molar-refractivity contribution in [2.45, 2.75) is 31.2 Å². The Balaban J connectivity index is 1.56. The molecule has 0 radical (unpaired) electrons. The first kappa shape index (κ1) is 17.3. The first-order valence-electron chi connectivity index (χ1n) is 9.31. The maximum atomic E-state index is 14.1. The minimum atomic E-state index is -1.12. The van der Waals surface area contributed by atoms with E-state index in [9.17, 15) is 8.78 Å². The van der Waals surface area contributed by atoms with Gasteiger partial charge >= 0.3 is 0 Å². The van der Waals surface area contributed by atoms with E-state index < -0.39 is 18.4 Å². The number of aromatic amines is 1. The van der Waals surface area contributed by atoms with Crippen LogP contribution in [0.25, 0.3) is 16.9 Å². The fourth-order valence-corrected chi connectivity index (χ4v) is 3.74. The molecule has 0 spiro atoms. The molecule has 3 aromatic heterocycles. The summed E-state index contributed by atoms with van der Waals surface area (Å²) < 4.78 is 34.7. The van der Waals surface area contributed by atoms with Crippen LogP contribution in [0.15, 0.2) is 18.7 Å². The maximum Gasteiger partial charge on any atom is 0.243 e. The summed E-state index contributed by atoms with van der Waals surface area (Å²) in [6.45, 7) is 1.40. The summed E-state index contributed by atoms with van der Waals surface area (Å²) in [4.78, 5) is 11.0. The van der Waals surface area contributed by atoms with E-state index in [1.54, 1.807) is 23.2 Å². The number of ether oxygens (including phenoxy) is 1. The van der Waals surface area contributed by atoms with Crippen LogP contribution in [0.2, 0.25) is 0 Å². The summed E-state index contributed by atoms with van der Waals surface area (Å²) in [7, 11) is 0. The Bertz CT molecular complexity index is 962. The first-order valence-corrected chi connectivity index (χ1v) is 9.31.